The number of anilines is 1. The Kier molecular flexibility index (Phi) is 5.46. The van der Waals surface area contributed by atoms with Crippen molar-refractivity contribution in [3.8, 4) is 17.2 Å². The highest BCUT2D eigenvalue weighted by Crippen LogP contribution is 2.40. The fraction of sp³-hybridized carbons (Fsp3) is 0.533. The largest absolute Gasteiger partial charge is 0.493 e. The molecule has 1 aliphatic rings. The van der Waals surface area contributed by atoms with Gasteiger partial charge in [0.15, 0.2) is 11.5 Å². The van der Waals surface area contributed by atoms with Crippen LogP contribution >= 0.6 is 0 Å². The van der Waals surface area contributed by atoms with Crippen LogP contribution in [0, 0.1) is 0 Å². The predicted molar refractivity (Wildman–Crippen MR) is 82.1 cm³/mol. The Bertz CT molecular complexity index is 504. The maximum Gasteiger partial charge on any atom is 0.257 e. The normalized spacial score (nSPS) is 17.7. The third-order valence-electron chi connectivity index (χ3n) is 3.57. The number of carbonyl (C=O) groups excluding carboxylic acids is 1. The second kappa shape index (κ2) is 7.33. The maximum absolute atomic E-state index is 12.5. The highest BCUT2D eigenvalue weighted by molar-refractivity contribution is 5.97. The van der Waals surface area contributed by atoms with E-state index in [0.29, 0.717) is 36.1 Å². The van der Waals surface area contributed by atoms with E-state index in [1.807, 2.05) is 0 Å². The number of morpholine rings is 1. The molecule has 1 aliphatic heterocycles. The fourth-order valence-electron chi connectivity index (χ4n) is 2.33. The molecule has 1 fully saturated rings. The standard InChI is InChI=1S/C15H22N2O5/c1-17(15(18)13-9-16-5-6-22-13)10-7-11(19-2)14(21-4)12(8-10)20-3/h7-8,13,16H,5-6,9H2,1-4H3. The Morgan fingerprint density at radius 3 is 2.32 bits per heavy atom. The molecule has 7 heteroatoms. The summed E-state index contributed by atoms with van der Waals surface area (Å²) in [6.45, 7) is 1.80. The van der Waals surface area contributed by atoms with Gasteiger partial charge in [0.05, 0.1) is 33.6 Å². The van der Waals surface area contributed by atoms with Crippen molar-refractivity contribution in [3.05, 3.63) is 12.1 Å². The van der Waals surface area contributed by atoms with Crippen LogP contribution in [-0.2, 0) is 9.53 Å². The minimum absolute atomic E-state index is 0.124. The molecule has 1 saturated heterocycles. The molecule has 0 radical (unpaired) electrons. The van der Waals surface area contributed by atoms with Gasteiger partial charge >= 0.3 is 0 Å². The zero-order valence-electron chi connectivity index (χ0n) is 13.3. The van der Waals surface area contributed by atoms with E-state index in [4.69, 9.17) is 18.9 Å². The van der Waals surface area contributed by atoms with E-state index in [1.165, 1.54) is 26.2 Å². The van der Waals surface area contributed by atoms with Crippen molar-refractivity contribution < 1.29 is 23.7 Å². The minimum atomic E-state index is -0.488. The molecule has 1 unspecified atom stereocenters. The van der Waals surface area contributed by atoms with Crippen LogP contribution in [0.2, 0.25) is 0 Å². The zero-order valence-corrected chi connectivity index (χ0v) is 13.3. The van der Waals surface area contributed by atoms with Gasteiger partial charge < -0.3 is 29.2 Å². The molecular weight excluding hydrogens is 288 g/mol. The summed E-state index contributed by atoms with van der Waals surface area (Å²) in [6.07, 6.45) is -0.488. The smallest absolute Gasteiger partial charge is 0.257 e. The van der Waals surface area contributed by atoms with Gasteiger partial charge in [-0.25, -0.2) is 0 Å². The van der Waals surface area contributed by atoms with Crippen LogP contribution in [-0.4, -0.2) is 60.1 Å². The molecule has 1 amide bonds. The van der Waals surface area contributed by atoms with E-state index >= 15 is 0 Å². The number of likely N-dealkylation sites (N-methyl/N-ethyl adjacent to an activating group) is 1. The molecule has 1 aromatic rings. The van der Waals surface area contributed by atoms with Crippen molar-refractivity contribution in [2.75, 3.05) is 53.0 Å². The van der Waals surface area contributed by atoms with Gasteiger partial charge in [-0.15, -0.1) is 0 Å². The van der Waals surface area contributed by atoms with Crippen molar-refractivity contribution in [2.45, 2.75) is 6.10 Å². The molecule has 122 valence electrons. The summed E-state index contributed by atoms with van der Waals surface area (Å²) in [5.74, 6) is 1.37. The van der Waals surface area contributed by atoms with E-state index in [2.05, 4.69) is 5.32 Å². The lowest BCUT2D eigenvalue weighted by Crippen LogP contribution is -2.48. The average Bonchev–Trinajstić information content (AvgIpc) is 2.59. The molecular formula is C15H22N2O5. The second-order valence-corrected chi connectivity index (χ2v) is 4.84. The van der Waals surface area contributed by atoms with Crippen molar-refractivity contribution in [1.29, 1.82) is 0 Å². The molecule has 1 atom stereocenters. The first-order valence-electron chi connectivity index (χ1n) is 7.02. The van der Waals surface area contributed by atoms with E-state index in [1.54, 1.807) is 19.2 Å². The van der Waals surface area contributed by atoms with Crippen molar-refractivity contribution in [3.63, 3.8) is 0 Å². The summed E-state index contributed by atoms with van der Waals surface area (Å²) < 4.78 is 21.4. The number of benzene rings is 1. The van der Waals surface area contributed by atoms with Gasteiger partial charge in [-0.1, -0.05) is 0 Å². The molecule has 0 aromatic heterocycles. The third kappa shape index (κ3) is 3.26. The third-order valence-corrected chi connectivity index (χ3v) is 3.57. The van der Waals surface area contributed by atoms with Crippen molar-refractivity contribution >= 4 is 11.6 Å². The Labute approximate surface area is 130 Å². The summed E-state index contributed by atoms with van der Waals surface area (Å²) >= 11 is 0. The maximum atomic E-state index is 12.5. The predicted octanol–water partition coefficient (Wildman–Crippen LogP) is 0.664. The summed E-state index contributed by atoms with van der Waals surface area (Å²) in [4.78, 5) is 14.0. The summed E-state index contributed by atoms with van der Waals surface area (Å²) in [5.41, 5.74) is 0.647. The number of hydrogen-bond donors (Lipinski definition) is 1. The highest BCUT2D eigenvalue weighted by Gasteiger charge is 2.27. The van der Waals surface area contributed by atoms with E-state index in [-0.39, 0.29) is 5.91 Å². The van der Waals surface area contributed by atoms with Crippen molar-refractivity contribution in [1.82, 2.24) is 5.32 Å². The summed E-state index contributed by atoms with van der Waals surface area (Å²) in [6, 6.07) is 3.46. The van der Waals surface area contributed by atoms with Gasteiger partial charge in [-0.3, -0.25) is 4.79 Å². The Morgan fingerprint density at radius 1 is 1.23 bits per heavy atom. The molecule has 1 heterocycles. The first-order chi connectivity index (χ1) is 10.6. The number of carbonyl (C=O) groups is 1. The zero-order chi connectivity index (χ0) is 16.1. The van der Waals surface area contributed by atoms with Crippen LogP contribution in [0.5, 0.6) is 17.2 Å². The lowest BCUT2D eigenvalue weighted by molar-refractivity contribution is -0.131. The monoisotopic (exact) mass is 310 g/mol. The van der Waals surface area contributed by atoms with Gasteiger partial charge in [0.25, 0.3) is 5.91 Å². The molecule has 7 nitrogen and oxygen atoms in total. The van der Waals surface area contributed by atoms with Gasteiger partial charge in [0.1, 0.15) is 6.10 Å². The number of hydrogen-bond acceptors (Lipinski definition) is 6. The van der Waals surface area contributed by atoms with Gasteiger partial charge in [-0.2, -0.15) is 0 Å². The summed E-state index contributed by atoms with van der Waals surface area (Å²) in [5, 5.41) is 3.14. The number of methoxy groups -OCH3 is 3. The quantitative estimate of drug-likeness (QED) is 0.862. The molecule has 0 bridgehead atoms. The van der Waals surface area contributed by atoms with Crippen molar-refractivity contribution in [2.24, 2.45) is 0 Å². The first-order valence-corrected chi connectivity index (χ1v) is 7.02. The number of rotatable bonds is 5. The van der Waals surface area contributed by atoms with Crippen LogP contribution in [0.25, 0.3) is 0 Å². The van der Waals surface area contributed by atoms with Crippen LogP contribution < -0.4 is 24.4 Å². The number of nitrogens with one attached hydrogen (secondary N) is 1. The summed E-state index contributed by atoms with van der Waals surface area (Å²) in [7, 11) is 6.31. The second-order valence-electron chi connectivity index (χ2n) is 4.84. The molecule has 1 N–H and O–H groups in total. The molecule has 0 aliphatic carbocycles. The number of ether oxygens (including phenoxy) is 4. The lowest BCUT2D eigenvalue weighted by Gasteiger charge is -2.28. The van der Waals surface area contributed by atoms with Gasteiger partial charge in [0.2, 0.25) is 5.75 Å². The van der Waals surface area contributed by atoms with E-state index < -0.39 is 6.10 Å². The highest BCUT2D eigenvalue weighted by atomic mass is 16.5. The molecule has 0 spiro atoms. The Morgan fingerprint density at radius 2 is 1.86 bits per heavy atom. The van der Waals surface area contributed by atoms with Crippen LogP contribution in [0.3, 0.4) is 0 Å². The van der Waals surface area contributed by atoms with Gasteiger partial charge in [-0.05, 0) is 0 Å². The number of amides is 1. The lowest BCUT2D eigenvalue weighted by atomic mass is 10.2. The fourth-order valence-corrected chi connectivity index (χ4v) is 2.33. The van der Waals surface area contributed by atoms with Crippen LogP contribution in [0.1, 0.15) is 0 Å². The SMILES string of the molecule is COc1cc(N(C)C(=O)C2CNCCO2)cc(OC)c1OC. The van der Waals surface area contributed by atoms with Crippen LogP contribution in [0.15, 0.2) is 12.1 Å². The molecule has 0 saturated carbocycles. The Balaban J connectivity index is 2.28. The Hall–Kier alpha value is -1.99. The molecule has 2 rings (SSSR count). The topological polar surface area (TPSA) is 69.3 Å². The molecule has 22 heavy (non-hydrogen) atoms. The van der Waals surface area contributed by atoms with E-state index in [0.717, 1.165) is 6.54 Å². The minimum Gasteiger partial charge on any atom is -0.493 e. The van der Waals surface area contributed by atoms with Gasteiger partial charge in [0, 0.05) is 32.3 Å². The average molecular weight is 310 g/mol. The number of nitrogens with zero attached hydrogens (tertiary/aromatic N) is 1. The van der Waals surface area contributed by atoms with E-state index in [9.17, 15) is 4.79 Å². The molecule has 1 aromatic carbocycles. The van der Waals surface area contributed by atoms with Crippen LogP contribution in [0.4, 0.5) is 5.69 Å². The first kappa shape index (κ1) is 16.4.